The molecule has 4 aromatic rings. The van der Waals surface area contributed by atoms with Crippen molar-refractivity contribution in [2.24, 2.45) is 0 Å². The number of hydrogen-bond acceptors (Lipinski definition) is 8. The average molecular weight is 793 g/mol. The number of aromatic nitrogens is 4. The van der Waals surface area contributed by atoms with Crippen LogP contribution in [0.5, 0.6) is 0 Å². The van der Waals surface area contributed by atoms with Gasteiger partial charge < -0.3 is 24.0 Å². The maximum Gasteiger partial charge on any atom is 0.410 e. The fraction of sp³-hybridized carbons (Fsp3) is 0.561. The Kier molecular flexibility index (Phi) is 12.2. The van der Waals surface area contributed by atoms with Gasteiger partial charge in [-0.25, -0.2) is 18.6 Å². The molecule has 6 rings (SSSR count). The molecule has 10 nitrogen and oxygen atoms in total. The smallest absolute Gasteiger partial charge is 0.410 e. The van der Waals surface area contributed by atoms with Gasteiger partial charge in [0.05, 0.1) is 17.5 Å². The third-order valence-electron chi connectivity index (χ3n) is 10.3. The molecule has 1 aromatic carbocycles. The van der Waals surface area contributed by atoms with Gasteiger partial charge in [0.25, 0.3) is 0 Å². The number of benzene rings is 1. The second kappa shape index (κ2) is 16.4. The summed E-state index contributed by atoms with van der Waals surface area (Å²) in [6, 6.07) is 11.5. The van der Waals surface area contributed by atoms with Crippen molar-refractivity contribution in [3.8, 4) is 22.4 Å². The standard InChI is InChI=1S/C41H58F2N6O4Si2/c1-41(2,3)53-40(50)48-30-14-15-31(48)22-29(21-30)36-23-37(47(26-51-17-19-54(4,5)6)27-52-18-20-55(7,8)9)49-39(46-36)32(25-45-49)28-13-16-35(44-24-28)38-33(42)11-10-12-34(38)43/h10-13,16,23-25,29-31H,14-15,17-22,26-27H2,1-9H3. The first-order valence-corrected chi connectivity index (χ1v) is 27.0. The van der Waals surface area contributed by atoms with Crippen LogP contribution in [0.1, 0.15) is 58.1 Å². The number of halogens is 2. The average Bonchev–Trinajstić information content (AvgIpc) is 3.63. The molecule has 0 aliphatic carbocycles. The number of rotatable bonds is 14. The van der Waals surface area contributed by atoms with Crippen molar-refractivity contribution in [2.45, 2.75) is 121 Å². The lowest BCUT2D eigenvalue weighted by atomic mass is 9.88. The highest BCUT2D eigenvalue weighted by Gasteiger charge is 2.45. The minimum Gasteiger partial charge on any atom is -0.444 e. The van der Waals surface area contributed by atoms with Gasteiger partial charge >= 0.3 is 6.09 Å². The van der Waals surface area contributed by atoms with E-state index >= 15 is 0 Å². The molecule has 2 saturated heterocycles. The topological polar surface area (TPSA) is 94.3 Å². The second-order valence-corrected chi connectivity index (χ2v) is 29.8. The van der Waals surface area contributed by atoms with Crippen LogP contribution in [0.4, 0.5) is 19.4 Å². The zero-order valence-electron chi connectivity index (χ0n) is 34.0. The van der Waals surface area contributed by atoms with Crippen LogP contribution in [0.15, 0.2) is 48.8 Å². The lowest BCUT2D eigenvalue weighted by Crippen LogP contribution is -2.48. The van der Waals surface area contributed by atoms with Gasteiger partial charge in [0.1, 0.15) is 36.5 Å². The van der Waals surface area contributed by atoms with Crippen LogP contribution >= 0.6 is 0 Å². The van der Waals surface area contributed by atoms with Crippen LogP contribution in [-0.4, -0.2) is 91.1 Å². The number of hydrogen-bond donors (Lipinski definition) is 0. The van der Waals surface area contributed by atoms with Crippen molar-refractivity contribution in [2.75, 3.05) is 31.6 Å². The lowest BCUT2D eigenvalue weighted by Gasteiger charge is -2.39. The van der Waals surface area contributed by atoms with Crippen molar-refractivity contribution in [3.05, 3.63) is 66.1 Å². The molecule has 1 amide bonds. The number of anilines is 1. The minimum absolute atomic E-state index is 0.0610. The SMILES string of the molecule is CC(C)(C)OC(=O)N1C2CCC1CC(c1cc(N(COCC[Si](C)(C)C)COCC[Si](C)(C)C)n3ncc(-c4ccc(-c5c(F)cccc5F)nc4)c3n1)C2. The fourth-order valence-corrected chi connectivity index (χ4v) is 8.87. The molecule has 3 aromatic heterocycles. The molecule has 2 unspecified atom stereocenters. The summed E-state index contributed by atoms with van der Waals surface area (Å²) < 4.78 is 49.6. The maximum atomic E-state index is 14.6. The van der Waals surface area contributed by atoms with Gasteiger partial charge in [-0.1, -0.05) is 51.4 Å². The minimum atomic E-state index is -1.32. The molecule has 0 N–H and O–H groups in total. The van der Waals surface area contributed by atoms with Crippen LogP contribution in [0.25, 0.3) is 28.0 Å². The zero-order chi connectivity index (χ0) is 39.7. The molecule has 2 aliphatic rings. The van der Waals surface area contributed by atoms with Gasteiger partial charge in [0, 0.05) is 76.4 Å². The van der Waals surface area contributed by atoms with E-state index in [-0.39, 0.29) is 35.4 Å². The Hall–Kier alpha value is -3.73. The Morgan fingerprint density at radius 1 is 0.891 bits per heavy atom. The molecular weight excluding hydrogens is 735 g/mol. The van der Waals surface area contributed by atoms with Crippen LogP contribution in [-0.2, 0) is 14.2 Å². The Balaban J connectivity index is 1.38. The predicted molar refractivity (Wildman–Crippen MR) is 219 cm³/mol. The van der Waals surface area contributed by atoms with Crippen LogP contribution in [0, 0.1) is 11.6 Å². The molecule has 2 bridgehead atoms. The summed E-state index contributed by atoms with van der Waals surface area (Å²) in [5.41, 5.74) is 2.48. The van der Waals surface area contributed by atoms with E-state index in [1.54, 1.807) is 24.5 Å². The van der Waals surface area contributed by atoms with Gasteiger partial charge in [0.15, 0.2) is 5.65 Å². The summed E-state index contributed by atoms with van der Waals surface area (Å²) in [5.74, 6) is -0.446. The van der Waals surface area contributed by atoms with Crippen molar-refractivity contribution >= 4 is 33.7 Å². The van der Waals surface area contributed by atoms with Gasteiger partial charge in [-0.3, -0.25) is 4.98 Å². The Labute approximate surface area is 326 Å². The highest BCUT2D eigenvalue weighted by molar-refractivity contribution is 6.76. The van der Waals surface area contributed by atoms with E-state index in [2.05, 4.69) is 55.2 Å². The van der Waals surface area contributed by atoms with E-state index in [0.29, 0.717) is 32.3 Å². The molecule has 5 heterocycles. The monoisotopic (exact) mass is 792 g/mol. The van der Waals surface area contributed by atoms with Crippen LogP contribution in [0.2, 0.25) is 51.4 Å². The largest absolute Gasteiger partial charge is 0.444 e. The van der Waals surface area contributed by atoms with Crippen molar-refractivity contribution in [3.63, 3.8) is 0 Å². The third-order valence-corrected chi connectivity index (χ3v) is 13.7. The van der Waals surface area contributed by atoms with Crippen molar-refractivity contribution < 1.29 is 27.8 Å². The van der Waals surface area contributed by atoms with Crippen molar-refractivity contribution in [1.29, 1.82) is 0 Å². The van der Waals surface area contributed by atoms with E-state index in [1.807, 2.05) is 30.2 Å². The molecule has 0 spiro atoms. The predicted octanol–water partition coefficient (Wildman–Crippen LogP) is 9.81. The maximum absolute atomic E-state index is 14.6. The molecule has 55 heavy (non-hydrogen) atoms. The van der Waals surface area contributed by atoms with Crippen molar-refractivity contribution in [1.82, 2.24) is 24.5 Å². The number of pyridine rings is 1. The van der Waals surface area contributed by atoms with E-state index < -0.39 is 33.4 Å². The first kappa shape index (κ1) is 40.9. The van der Waals surface area contributed by atoms with E-state index in [4.69, 9.17) is 24.3 Å². The van der Waals surface area contributed by atoms with E-state index in [1.165, 1.54) is 18.2 Å². The van der Waals surface area contributed by atoms with Gasteiger partial charge in [-0.2, -0.15) is 9.61 Å². The first-order chi connectivity index (χ1) is 25.9. The molecule has 2 atom stereocenters. The summed E-state index contributed by atoms with van der Waals surface area (Å²) in [7, 11) is -2.64. The molecule has 14 heteroatoms. The highest BCUT2D eigenvalue weighted by Crippen LogP contribution is 2.44. The zero-order valence-corrected chi connectivity index (χ0v) is 36.0. The lowest BCUT2D eigenvalue weighted by molar-refractivity contribution is 0.00568. The summed E-state index contributed by atoms with van der Waals surface area (Å²) in [4.78, 5) is 27.2. The van der Waals surface area contributed by atoms with E-state index in [0.717, 1.165) is 60.4 Å². The summed E-state index contributed by atoms with van der Waals surface area (Å²) >= 11 is 0. The Bertz CT molecular complexity index is 1900. The number of carbonyl (C=O) groups is 1. The number of nitrogens with zero attached hydrogens (tertiary/aromatic N) is 6. The normalized spacial score (nSPS) is 19.0. The number of piperidine rings is 1. The number of fused-ring (bicyclic) bond motifs is 3. The molecule has 0 radical (unpaired) electrons. The molecule has 0 saturated carbocycles. The molecular formula is C41H58F2N6O4Si2. The second-order valence-electron chi connectivity index (χ2n) is 18.5. The van der Waals surface area contributed by atoms with Gasteiger partial charge in [-0.15, -0.1) is 0 Å². The van der Waals surface area contributed by atoms with Gasteiger partial charge in [0.2, 0.25) is 0 Å². The molecule has 2 fully saturated rings. The van der Waals surface area contributed by atoms with Crippen LogP contribution < -0.4 is 4.90 Å². The Morgan fingerprint density at radius 3 is 2.02 bits per heavy atom. The summed E-state index contributed by atoms with van der Waals surface area (Å²) in [6.07, 6.45) is 6.52. The highest BCUT2D eigenvalue weighted by atomic mass is 28.3. The number of carbonyl (C=O) groups excluding carboxylic acids is 1. The fourth-order valence-electron chi connectivity index (χ4n) is 7.35. The summed E-state index contributed by atoms with van der Waals surface area (Å²) in [6.45, 7) is 21.7. The molecule has 298 valence electrons. The van der Waals surface area contributed by atoms with Crippen LogP contribution in [0.3, 0.4) is 0 Å². The third kappa shape index (κ3) is 10.2. The van der Waals surface area contributed by atoms with E-state index in [9.17, 15) is 13.6 Å². The quantitative estimate of drug-likeness (QED) is 0.0708. The van der Waals surface area contributed by atoms with Gasteiger partial charge in [-0.05, 0) is 76.7 Å². The number of amides is 1. The first-order valence-electron chi connectivity index (χ1n) is 19.6. The number of ether oxygens (including phenoxy) is 3. The summed E-state index contributed by atoms with van der Waals surface area (Å²) in [5, 5.41) is 4.86. The molecule has 2 aliphatic heterocycles. The Morgan fingerprint density at radius 2 is 1.49 bits per heavy atom.